The molecule has 0 spiro atoms. The third-order valence-corrected chi connectivity index (χ3v) is 4.10. The molecule has 1 saturated carbocycles. The third kappa shape index (κ3) is 3.92. The zero-order chi connectivity index (χ0) is 15.6. The minimum absolute atomic E-state index is 0.0263. The van der Waals surface area contributed by atoms with Crippen LogP contribution in [0.5, 0.6) is 0 Å². The van der Waals surface area contributed by atoms with E-state index < -0.39 is 4.92 Å². The van der Waals surface area contributed by atoms with E-state index in [-0.39, 0.29) is 28.2 Å². The number of rotatable bonds is 6. The molecule has 1 fully saturated rings. The van der Waals surface area contributed by atoms with Crippen LogP contribution in [0, 0.1) is 10.1 Å². The Hall–Kier alpha value is -1.66. The highest BCUT2D eigenvalue weighted by Gasteiger charge is 2.29. The quantitative estimate of drug-likeness (QED) is 0.647. The molecule has 0 aromatic heterocycles. The molecule has 21 heavy (non-hydrogen) atoms. The van der Waals surface area contributed by atoms with Crippen molar-refractivity contribution in [2.24, 2.45) is 0 Å². The van der Waals surface area contributed by atoms with Crippen molar-refractivity contribution in [3.8, 4) is 0 Å². The van der Waals surface area contributed by atoms with E-state index in [0.29, 0.717) is 12.6 Å². The molecule has 7 heteroatoms. The van der Waals surface area contributed by atoms with Crippen LogP contribution >= 0.6 is 11.6 Å². The molecule has 1 aromatic carbocycles. The van der Waals surface area contributed by atoms with E-state index in [1.165, 1.54) is 31.0 Å². The highest BCUT2D eigenvalue weighted by molar-refractivity contribution is 6.32. The largest absolute Gasteiger partial charge is 0.350 e. The van der Waals surface area contributed by atoms with Crippen LogP contribution in [0.3, 0.4) is 0 Å². The molecule has 1 unspecified atom stereocenters. The molecular formula is C14H18ClN3O3. The molecule has 1 aliphatic carbocycles. The summed E-state index contributed by atoms with van der Waals surface area (Å²) in [6.07, 6.45) is 2.41. The van der Waals surface area contributed by atoms with Crippen LogP contribution in [0.1, 0.15) is 30.1 Å². The van der Waals surface area contributed by atoms with Crippen LogP contribution in [0.25, 0.3) is 0 Å². The average molecular weight is 312 g/mol. The first-order valence-electron chi connectivity index (χ1n) is 6.84. The van der Waals surface area contributed by atoms with E-state index in [1.807, 2.05) is 14.0 Å². The van der Waals surface area contributed by atoms with Crippen molar-refractivity contribution in [2.75, 3.05) is 13.6 Å². The van der Waals surface area contributed by atoms with Crippen molar-refractivity contribution in [3.63, 3.8) is 0 Å². The zero-order valence-corrected chi connectivity index (χ0v) is 12.8. The summed E-state index contributed by atoms with van der Waals surface area (Å²) in [5, 5.41) is 13.6. The van der Waals surface area contributed by atoms with Gasteiger partial charge in [-0.1, -0.05) is 11.6 Å². The van der Waals surface area contributed by atoms with Crippen molar-refractivity contribution in [2.45, 2.75) is 31.8 Å². The Kier molecular flexibility index (Phi) is 4.80. The standard InChI is InChI=1S/C14H18ClN3O3/c1-9(17(2)11-4-5-11)8-16-14(19)10-3-6-12(15)13(7-10)18(20)21/h3,6-7,9,11H,4-5,8H2,1-2H3,(H,16,19). The number of carbonyl (C=O) groups is 1. The van der Waals surface area contributed by atoms with E-state index in [4.69, 9.17) is 11.6 Å². The molecule has 1 N–H and O–H groups in total. The molecule has 0 bridgehead atoms. The van der Waals surface area contributed by atoms with E-state index in [9.17, 15) is 14.9 Å². The summed E-state index contributed by atoms with van der Waals surface area (Å²) in [4.78, 5) is 24.5. The first-order chi connectivity index (χ1) is 9.90. The maximum Gasteiger partial charge on any atom is 0.288 e. The Morgan fingerprint density at radius 3 is 2.81 bits per heavy atom. The number of hydrogen-bond donors (Lipinski definition) is 1. The molecule has 0 saturated heterocycles. The van der Waals surface area contributed by atoms with Gasteiger partial charge in [-0.05, 0) is 38.9 Å². The Morgan fingerprint density at radius 1 is 1.57 bits per heavy atom. The fourth-order valence-corrected chi connectivity index (χ4v) is 2.31. The lowest BCUT2D eigenvalue weighted by Crippen LogP contribution is -2.41. The molecule has 0 heterocycles. The van der Waals surface area contributed by atoms with Gasteiger partial charge in [-0.2, -0.15) is 0 Å². The normalized spacial score (nSPS) is 15.8. The van der Waals surface area contributed by atoms with E-state index >= 15 is 0 Å². The first kappa shape index (κ1) is 15.7. The lowest BCUT2D eigenvalue weighted by atomic mass is 10.2. The molecule has 2 rings (SSSR count). The van der Waals surface area contributed by atoms with Crippen molar-refractivity contribution in [1.82, 2.24) is 10.2 Å². The topological polar surface area (TPSA) is 75.5 Å². The highest BCUT2D eigenvalue weighted by atomic mass is 35.5. The molecule has 1 amide bonds. The maximum atomic E-state index is 12.0. The second-order valence-electron chi connectivity index (χ2n) is 5.38. The van der Waals surface area contributed by atoms with Crippen LogP contribution in [-0.2, 0) is 0 Å². The van der Waals surface area contributed by atoms with Crippen LogP contribution < -0.4 is 5.32 Å². The van der Waals surface area contributed by atoms with Gasteiger partial charge in [0.05, 0.1) is 4.92 Å². The fourth-order valence-electron chi connectivity index (χ4n) is 2.12. The van der Waals surface area contributed by atoms with Gasteiger partial charge in [0.1, 0.15) is 5.02 Å². The van der Waals surface area contributed by atoms with Crippen LogP contribution in [-0.4, -0.2) is 41.4 Å². The number of carbonyl (C=O) groups excluding carboxylic acids is 1. The smallest absolute Gasteiger partial charge is 0.288 e. The Balaban J connectivity index is 1.96. The van der Waals surface area contributed by atoms with Crippen molar-refractivity contribution in [3.05, 3.63) is 38.9 Å². The van der Waals surface area contributed by atoms with Crippen LogP contribution in [0.4, 0.5) is 5.69 Å². The number of nitrogens with zero attached hydrogens (tertiary/aromatic N) is 2. The number of likely N-dealkylation sites (N-methyl/N-ethyl adjacent to an activating group) is 1. The van der Waals surface area contributed by atoms with E-state index in [0.717, 1.165) is 0 Å². The number of halogens is 1. The molecule has 1 aromatic rings. The number of nitro benzene ring substituents is 1. The van der Waals surface area contributed by atoms with Crippen molar-refractivity contribution >= 4 is 23.2 Å². The number of amides is 1. The van der Waals surface area contributed by atoms with Gasteiger partial charge in [-0.25, -0.2) is 0 Å². The molecule has 1 atom stereocenters. The summed E-state index contributed by atoms with van der Waals surface area (Å²) in [5.74, 6) is -0.328. The number of nitrogens with one attached hydrogen (secondary N) is 1. The lowest BCUT2D eigenvalue weighted by Gasteiger charge is -2.24. The number of benzene rings is 1. The minimum Gasteiger partial charge on any atom is -0.350 e. The summed E-state index contributed by atoms with van der Waals surface area (Å²) >= 11 is 5.73. The lowest BCUT2D eigenvalue weighted by molar-refractivity contribution is -0.384. The van der Waals surface area contributed by atoms with Gasteiger partial charge in [-0.3, -0.25) is 19.8 Å². The number of hydrogen-bond acceptors (Lipinski definition) is 4. The van der Waals surface area contributed by atoms with Crippen LogP contribution in [0.15, 0.2) is 18.2 Å². The second kappa shape index (κ2) is 6.41. The van der Waals surface area contributed by atoms with Crippen LogP contribution in [0.2, 0.25) is 5.02 Å². The highest BCUT2D eigenvalue weighted by Crippen LogP contribution is 2.27. The molecular weight excluding hydrogens is 294 g/mol. The molecule has 6 nitrogen and oxygen atoms in total. The van der Waals surface area contributed by atoms with Crippen molar-refractivity contribution < 1.29 is 9.72 Å². The van der Waals surface area contributed by atoms with E-state index in [2.05, 4.69) is 10.2 Å². The fraction of sp³-hybridized carbons (Fsp3) is 0.500. The first-order valence-corrected chi connectivity index (χ1v) is 7.22. The zero-order valence-electron chi connectivity index (χ0n) is 12.0. The van der Waals surface area contributed by atoms with Gasteiger partial charge in [0, 0.05) is 30.3 Å². The SMILES string of the molecule is CC(CNC(=O)c1ccc(Cl)c([N+](=O)[O-])c1)N(C)C1CC1. The molecule has 0 radical (unpaired) electrons. The summed E-state index contributed by atoms with van der Waals surface area (Å²) < 4.78 is 0. The van der Waals surface area contributed by atoms with Gasteiger partial charge < -0.3 is 5.32 Å². The third-order valence-electron chi connectivity index (χ3n) is 3.78. The predicted octanol–water partition coefficient (Wildman–Crippen LogP) is 2.46. The predicted molar refractivity (Wildman–Crippen MR) is 80.7 cm³/mol. The summed E-state index contributed by atoms with van der Waals surface area (Å²) in [5.41, 5.74) is -0.0140. The van der Waals surface area contributed by atoms with E-state index in [1.54, 1.807) is 0 Å². The summed E-state index contributed by atoms with van der Waals surface area (Å²) in [7, 11) is 2.04. The number of nitro groups is 1. The van der Waals surface area contributed by atoms with Gasteiger partial charge >= 0.3 is 0 Å². The molecule has 0 aliphatic heterocycles. The average Bonchev–Trinajstić information content (AvgIpc) is 3.28. The maximum absolute atomic E-state index is 12.0. The Labute approximate surface area is 128 Å². The van der Waals surface area contributed by atoms with Gasteiger partial charge in [-0.15, -0.1) is 0 Å². The second-order valence-corrected chi connectivity index (χ2v) is 5.79. The summed E-state index contributed by atoms with van der Waals surface area (Å²) in [6.45, 7) is 2.55. The Morgan fingerprint density at radius 2 is 2.24 bits per heavy atom. The minimum atomic E-state index is -0.595. The molecule has 1 aliphatic rings. The van der Waals surface area contributed by atoms with Gasteiger partial charge in [0.15, 0.2) is 0 Å². The monoisotopic (exact) mass is 311 g/mol. The summed E-state index contributed by atoms with van der Waals surface area (Å²) in [6, 6.07) is 4.90. The molecule has 114 valence electrons. The Bertz CT molecular complexity index is 560. The van der Waals surface area contributed by atoms with Crippen molar-refractivity contribution in [1.29, 1.82) is 0 Å². The van der Waals surface area contributed by atoms with Gasteiger partial charge in [0.25, 0.3) is 11.6 Å². The van der Waals surface area contributed by atoms with Gasteiger partial charge in [0.2, 0.25) is 0 Å².